The van der Waals surface area contributed by atoms with Crippen LogP contribution in [0.5, 0.6) is 0 Å². The number of aromatic nitrogens is 1. The minimum atomic E-state index is -0.340. The zero-order valence-electron chi connectivity index (χ0n) is 12.9. The summed E-state index contributed by atoms with van der Waals surface area (Å²) >= 11 is 0. The van der Waals surface area contributed by atoms with Crippen molar-refractivity contribution in [3.05, 3.63) is 63.6 Å². The Hall–Kier alpha value is -2.36. The molecular formula is C18H20N2O2. The van der Waals surface area contributed by atoms with Gasteiger partial charge in [-0.3, -0.25) is 9.59 Å². The van der Waals surface area contributed by atoms with Gasteiger partial charge >= 0.3 is 0 Å². The van der Waals surface area contributed by atoms with Crippen molar-refractivity contribution in [3.8, 4) is 0 Å². The molecule has 4 nitrogen and oxygen atoms in total. The molecule has 1 N–H and O–H groups in total. The molecule has 22 heavy (non-hydrogen) atoms. The number of anilines is 1. The number of amides is 1. The minimum absolute atomic E-state index is 0.221. The van der Waals surface area contributed by atoms with Gasteiger partial charge in [0.1, 0.15) is 5.56 Å². The first-order valence-corrected chi connectivity index (χ1v) is 7.67. The average Bonchev–Trinajstić information content (AvgIpc) is 2.52. The van der Waals surface area contributed by atoms with Crippen LogP contribution in [-0.4, -0.2) is 10.5 Å². The third kappa shape index (κ3) is 2.56. The van der Waals surface area contributed by atoms with E-state index in [2.05, 4.69) is 12.2 Å². The van der Waals surface area contributed by atoms with E-state index in [-0.39, 0.29) is 17.0 Å². The third-order valence-corrected chi connectivity index (χ3v) is 4.43. The lowest BCUT2D eigenvalue weighted by molar-refractivity contribution is 0.102. The fourth-order valence-corrected chi connectivity index (χ4v) is 3.15. The van der Waals surface area contributed by atoms with Gasteiger partial charge in [-0.15, -0.1) is 0 Å². The summed E-state index contributed by atoms with van der Waals surface area (Å²) in [6.07, 6.45) is 3.11. The number of pyridine rings is 1. The molecule has 1 aliphatic carbocycles. The molecular weight excluding hydrogens is 276 g/mol. The van der Waals surface area contributed by atoms with E-state index < -0.39 is 0 Å². The van der Waals surface area contributed by atoms with Gasteiger partial charge in [0, 0.05) is 18.4 Å². The predicted molar refractivity (Wildman–Crippen MR) is 87.4 cm³/mol. The average molecular weight is 296 g/mol. The van der Waals surface area contributed by atoms with Crippen LogP contribution in [0.25, 0.3) is 0 Å². The molecule has 2 aromatic rings. The Labute approximate surface area is 129 Å². The van der Waals surface area contributed by atoms with E-state index in [1.807, 2.05) is 30.3 Å². The molecule has 1 aromatic heterocycles. The first-order valence-electron chi connectivity index (χ1n) is 7.67. The lowest BCUT2D eigenvalue weighted by Gasteiger charge is -2.25. The number of hydrogen-bond acceptors (Lipinski definition) is 2. The molecule has 1 aliphatic rings. The van der Waals surface area contributed by atoms with Crippen LogP contribution in [0.2, 0.25) is 0 Å². The molecule has 1 atom stereocenters. The minimum Gasteiger partial charge on any atom is -0.322 e. The molecule has 0 aliphatic heterocycles. The zero-order valence-corrected chi connectivity index (χ0v) is 12.9. The highest BCUT2D eigenvalue weighted by Gasteiger charge is 2.23. The highest BCUT2D eigenvalue weighted by atomic mass is 16.2. The van der Waals surface area contributed by atoms with E-state index in [0.29, 0.717) is 11.6 Å². The van der Waals surface area contributed by atoms with Gasteiger partial charge in [-0.05, 0) is 48.9 Å². The van der Waals surface area contributed by atoms with Crippen molar-refractivity contribution in [1.29, 1.82) is 0 Å². The van der Waals surface area contributed by atoms with Crippen LogP contribution in [0.4, 0.5) is 5.69 Å². The molecule has 1 amide bonds. The predicted octanol–water partition coefficient (Wildman–Crippen LogP) is 3.08. The topological polar surface area (TPSA) is 51.1 Å². The Morgan fingerprint density at radius 2 is 2.00 bits per heavy atom. The van der Waals surface area contributed by atoms with Crippen LogP contribution in [0.15, 0.2) is 41.2 Å². The van der Waals surface area contributed by atoms with E-state index >= 15 is 0 Å². The zero-order chi connectivity index (χ0) is 15.7. The molecule has 0 unspecified atom stereocenters. The summed E-state index contributed by atoms with van der Waals surface area (Å²) in [6.45, 7) is 2.15. The van der Waals surface area contributed by atoms with Gasteiger partial charge in [0.05, 0.1) is 0 Å². The number of carbonyl (C=O) groups excluding carboxylic acids is 1. The van der Waals surface area contributed by atoms with Gasteiger partial charge in [-0.1, -0.05) is 25.1 Å². The van der Waals surface area contributed by atoms with Crippen LogP contribution in [0.1, 0.15) is 47.3 Å². The maximum atomic E-state index is 12.5. The van der Waals surface area contributed by atoms with E-state index in [9.17, 15) is 9.59 Å². The van der Waals surface area contributed by atoms with E-state index in [4.69, 9.17) is 0 Å². The second kappa shape index (κ2) is 5.79. The maximum absolute atomic E-state index is 12.5. The fourth-order valence-electron chi connectivity index (χ4n) is 3.15. The fraction of sp³-hybridized carbons (Fsp3) is 0.333. The summed E-state index contributed by atoms with van der Waals surface area (Å²) in [4.78, 5) is 24.9. The van der Waals surface area contributed by atoms with Crippen LogP contribution in [0, 0.1) is 0 Å². The lowest BCUT2D eigenvalue weighted by Crippen LogP contribution is -2.32. The Bertz CT molecular complexity index is 763. The number of carbonyl (C=O) groups is 1. The number of fused-ring (bicyclic) bond motifs is 1. The molecule has 1 heterocycles. The standard InChI is InChI=1S/C18H20N2O2/c1-12-7-6-10-16-14(12)11-15(18(22)20(16)2)17(21)19-13-8-4-3-5-9-13/h3-5,8-9,11-12H,6-7,10H2,1-2H3,(H,19,21)/t12-/m1/s1. The monoisotopic (exact) mass is 296 g/mol. The van der Waals surface area contributed by atoms with Gasteiger partial charge < -0.3 is 9.88 Å². The largest absolute Gasteiger partial charge is 0.322 e. The van der Waals surface area contributed by atoms with E-state index in [0.717, 1.165) is 30.5 Å². The second-order valence-corrected chi connectivity index (χ2v) is 5.94. The molecule has 0 spiro atoms. The number of benzene rings is 1. The molecule has 4 heteroatoms. The normalized spacial score (nSPS) is 16.9. The molecule has 0 saturated carbocycles. The van der Waals surface area contributed by atoms with E-state index in [1.165, 1.54) is 0 Å². The van der Waals surface area contributed by atoms with Crippen molar-refractivity contribution in [1.82, 2.24) is 4.57 Å². The highest BCUT2D eigenvalue weighted by molar-refractivity contribution is 6.04. The molecule has 0 bridgehead atoms. The van der Waals surface area contributed by atoms with Crippen molar-refractivity contribution in [2.45, 2.75) is 32.1 Å². The summed E-state index contributed by atoms with van der Waals surface area (Å²) in [5.41, 5.74) is 2.90. The molecule has 1 aromatic carbocycles. The number of para-hydroxylation sites is 1. The van der Waals surface area contributed by atoms with Gasteiger partial charge in [0.25, 0.3) is 11.5 Å². The first-order chi connectivity index (χ1) is 10.6. The van der Waals surface area contributed by atoms with E-state index in [1.54, 1.807) is 17.7 Å². The Morgan fingerprint density at radius 1 is 1.27 bits per heavy atom. The Morgan fingerprint density at radius 3 is 2.73 bits per heavy atom. The van der Waals surface area contributed by atoms with Crippen molar-refractivity contribution in [2.75, 3.05) is 5.32 Å². The quantitative estimate of drug-likeness (QED) is 0.926. The molecule has 0 radical (unpaired) electrons. The van der Waals surface area contributed by atoms with Crippen molar-refractivity contribution in [3.63, 3.8) is 0 Å². The lowest BCUT2D eigenvalue weighted by atomic mass is 9.86. The van der Waals surface area contributed by atoms with Crippen LogP contribution >= 0.6 is 0 Å². The molecule has 0 fully saturated rings. The van der Waals surface area contributed by atoms with Gasteiger partial charge in [0.2, 0.25) is 0 Å². The van der Waals surface area contributed by atoms with Crippen LogP contribution < -0.4 is 10.9 Å². The van der Waals surface area contributed by atoms with Crippen LogP contribution in [0.3, 0.4) is 0 Å². The smallest absolute Gasteiger partial charge is 0.263 e. The van der Waals surface area contributed by atoms with Crippen molar-refractivity contribution in [2.24, 2.45) is 7.05 Å². The number of nitrogens with zero attached hydrogens (tertiary/aromatic N) is 1. The molecule has 3 rings (SSSR count). The maximum Gasteiger partial charge on any atom is 0.263 e. The summed E-state index contributed by atoms with van der Waals surface area (Å²) < 4.78 is 1.64. The number of rotatable bonds is 2. The summed E-state index contributed by atoms with van der Waals surface area (Å²) in [6, 6.07) is 11.0. The number of nitrogens with one attached hydrogen (secondary N) is 1. The summed E-state index contributed by atoms with van der Waals surface area (Å²) in [5, 5.41) is 2.80. The van der Waals surface area contributed by atoms with Gasteiger partial charge in [-0.2, -0.15) is 0 Å². The van der Waals surface area contributed by atoms with Gasteiger partial charge in [-0.25, -0.2) is 0 Å². The van der Waals surface area contributed by atoms with Crippen molar-refractivity contribution < 1.29 is 4.79 Å². The Balaban J connectivity index is 2.00. The highest BCUT2D eigenvalue weighted by Crippen LogP contribution is 2.30. The van der Waals surface area contributed by atoms with Gasteiger partial charge in [0.15, 0.2) is 0 Å². The molecule has 114 valence electrons. The Kier molecular flexibility index (Phi) is 3.84. The SMILES string of the molecule is C[C@@H]1CCCc2c1cc(C(=O)Nc1ccccc1)c(=O)n2C. The van der Waals surface area contributed by atoms with Crippen LogP contribution in [-0.2, 0) is 13.5 Å². The molecule has 0 saturated heterocycles. The number of hydrogen-bond donors (Lipinski definition) is 1. The summed E-state index contributed by atoms with van der Waals surface area (Å²) in [5.74, 6) is 0.0474. The summed E-state index contributed by atoms with van der Waals surface area (Å²) in [7, 11) is 1.76. The van der Waals surface area contributed by atoms with Crippen molar-refractivity contribution >= 4 is 11.6 Å². The second-order valence-electron chi connectivity index (χ2n) is 5.94. The first kappa shape index (κ1) is 14.6. The third-order valence-electron chi connectivity index (χ3n) is 4.43.